The van der Waals surface area contributed by atoms with Crippen LogP contribution in [0.5, 0.6) is 5.75 Å². The van der Waals surface area contributed by atoms with Gasteiger partial charge in [0.05, 0.1) is 17.7 Å². The minimum atomic E-state index is -4.70. The van der Waals surface area contributed by atoms with E-state index in [1.807, 2.05) is 36.1 Å². The molecule has 1 aliphatic heterocycles. The molecule has 0 saturated heterocycles. The summed E-state index contributed by atoms with van der Waals surface area (Å²) in [4.78, 5) is 6.57. The van der Waals surface area contributed by atoms with E-state index in [-0.39, 0.29) is 11.9 Å². The van der Waals surface area contributed by atoms with Gasteiger partial charge >= 0.3 is 6.36 Å². The van der Waals surface area contributed by atoms with Crippen LogP contribution in [-0.4, -0.2) is 22.6 Å². The maximum atomic E-state index is 12.3. The Bertz CT molecular complexity index is 922. The lowest BCUT2D eigenvalue weighted by molar-refractivity contribution is -0.274. The number of anilines is 1. The second kappa shape index (κ2) is 6.21. The molecule has 0 fully saturated rings. The molecule has 8 heteroatoms. The molecule has 2 aromatic carbocycles. The predicted molar refractivity (Wildman–Crippen MR) is 89.7 cm³/mol. The molecular weight excluding hydrogens is 347 g/mol. The molecule has 2 heterocycles. The third-order valence-electron chi connectivity index (χ3n) is 4.28. The standard InChI is InChI=1S/C18H16F3N3O2/c1-12-17-22-15-4-2-3-5-16(15)24(17)10-23(11-25-12)13-6-8-14(9-7-13)26-18(19,20)21/h2-9,12H,10-11H2,1H3/t12-/m1/s1. The molecule has 136 valence electrons. The lowest BCUT2D eigenvalue weighted by atomic mass is 10.3. The summed E-state index contributed by atoms with van der Waals surface area (Å²) in [5.41, 5.74) is 2.60. The number of nitrogens with zero attached hydrogens (tertiary/aromatic N) is 3. The van der Waals surface area contributed by atoms with Crippen LogP contribution in [0.3, 0.4) is 0 Å². The van der Waals surface area contributed by atoms with Gasteiger partial charge in [0.15, 0.2) is 0 Å². The monoisotopic (exact) mass is 363 g/mol. The van der Waals surface area contributed by atoms with Gasteiger partial charge in [0.25, 0.3) is 0 Å². The Hall–Kier alpha value is -2.74. The predicted octanol–water partition coefficient (Wildman–Crippen LogP) is 4.45. The quantitative estimate of drug-likeness (QED) is 0.675. The fraction of sp³-hybridized carbons (Fsp3) is 0.278. The van der Waals surface area contributed by atoms with E-state index in [2.05, 4.69) is 14.3 Å². The zero-order chi connectivity index (χ0) is 18.3. The molecule has 0 spiro atoms. The van der Waals surface area contributed by atoms with Crippen molar-refractivity contribution in [2.24, 2.45) is 0 Å². The van der Waals surface area contributed by atoms with Crippen molar-refractivity contribution in [3.05, 3.63) is 54.4 Å². The molecule has 0 aliphatic carbocycles. The van der Waals surface area contributed by atoms with Crippen LogP contribution in [-0.2, 0) is 11.4 Å². The van der Waals surface area contributed by atoms with Crippen molar-refractivity contribution in [2.45, 2.75) is 26.1 Å². The van der Waals surface area contributed by atoms with Crippen molar-refractivity contribution in [3.8, 4) is 5.75 Å². The highest BCUT2D eigenvalue weighted by Crippen LogP contribution is 2.30. The highest BCUT2D eigenvalue weighted by atomic mass is 19.4. The molecular formula is C18H16F3N3O2. The Morgan fingerprint density at radius 1 is 1.12 bits per heavy atom. The second-order valence-electron chi connectivity index (χ2n) is 6.05. The number of para-hydroxylation sites is 2. The van der Waals surface area contributed by atoms with Crippen molar-refractivity contribution < 1.29 is 22.6 Å². The first-order valence-corrected chi connectivity index (χ1v) is 8.08. The third-order valence-corrected chi connectivity index (χ3v) is 4.28. The first-order valence-electron chi connectivity index (χ1n) is 8.08. The summed E-state index contributed by atoms with van der Waals surface area (Å²) < 4.78 is 48.8. The van der Waals surface area contributed by atoms with Gasteiger partial charge in [-0.2, -0.15) is 0 Å². The van der Waals surface area contributed by atoms with Gasteiger partial charge < -0.3 is 18.9 Å². The zero-order valence-corrected chi connectivity index (χ0v) is 13.9. The first-order chi connectivity index (χ1) is 12.4. The van der Waals surface area contributed by atoms with Crippen LogP contribution < -0.4 is 9.64 Å². The summed E-state index contributed by atoms with van der Waals surface area (Å²) in [5, 5.41) is 0. The SMILES string of the molecule is C[C@H]1OCN(c2ccc(OC(F)(F)F)cc2)Cn2c1nc1ccccc12. The van der Waals surface area contributed by atoms with Gasteiger partial charge in [-0.25, -0.2) is 4.98 Å². The Balaban J connectivity index is 1.64. The number of aromatic nitrogens is 2. The molecule has 26 heavy (non-hydrogen) atoms. The van der Waals surface area contributed by atoms with Crippen molar-refractivity contribution in [1.82, 2.24) is 9.55 Å². The van der Waals surface area contributed by atoms with Crippen LogP contribution in [0.4, 0.5) is 18.9 Å². The molecule has 1 aromatic heterocycles. The summed E-state index contributed by atoms with van der Waals surface area (Å²) in [7, 11) is 0. The fourth-order valence-corrected chi connectivity index (χ4v) is 3.06. The van der Waals surface area contributed by atoms with Gasteiger partial charge in [-0.15, -0.1) is 13.2 Å². The summed E-state index contributed by atoms with van der Waals surface area (Å²) in [6.07, 6.45) is -4.90. The minimum absolute atomic E-state index is 0.194. The highest BCUT2D eigenvalue weighted by molar-refractivity contribution is 5.76. The number of alkyl halides is 3. The molecule has 1 atom stereocenters. The van der Waals surface area contributed by atoms with E-state index in [4.69, 9.17) is 4.74 Å². The number of imidazole rings is 1. The zero-order valence-electron chi connectivity index (χ0n) is 13.9. The Kier molecular flexibility index (Phi) is 3.99. The van der Waals surface area contributed by atoms with Gasteiger partial charge in [0.1, 0.15) is 24.4 Å². The summed E-state index contributed by atoms with van der Waals surface area (Å²) in [6.45, 7) is 2.72. The molecule has 3 aromatic rings. The number of hydrogen-bond acceptors (Lipinski definition) is 4. The van der Waals surface area contributed by atoms with Crippen LogP contribution in [0.15, 0.2) is 48.5 Å². The number of ether oxygens (including phenoxy) is 2. The molecule has 0 radical (unpaired) electrons. The Morgan fingerprint density at radius 2 is 1.85 bits per heavy atom. The van der Waals surface area contributed by atoms with Crippen molar-refractivity contribution in [3.63, 3.8) is 0 Å². The minimum Gasteiger partial charge on any atom is -0.406 e. The van der Waals surface area contributed by atoms with Gasteiger partial charge in [-0.05, 0) is 43.3 Å². The van der Waals surface area contributed by atoms with E-state index >= 15 is 0 Å². The van der Waals surface area contributed by atoms with Crippen LogP contribution in [0.1, 0.15) is 18.9 Å². The molecule has 4 rings (SSSR count). The van der Waals surface area contributed by atoms with Gasteiger partial charge in [0.2, 0.25) is 0 Å². The third kappa shape index (κ3) is 3.20. The lowest BCUT2D eigenvalue weighted by Crippen LogP contribution is -2.26. The van der Waals surface area contributed by atoms with E-state index < -0.39 is 6.36 Å². The lowest BCUT2D eigenvalue weighted by Gasteiger charge is -2.23. The van der Waals surface area contributed by atoms with Gasteiger partial charge in [-0.3, -0.25) is 0 Å². The number of rotatable bonds is 2. The summed E-state index contributed by atoms with van der Waals surface area (Å²) in [6, 6.07) is 13.6. The van der Waals surface area contributed by atoms with E-state index in [9.17, 15) is 13.2 Å². The number of halogens is 3. The van der Waals surface area contributed by atoms with Crippen LogP contribution in [0.2, 0.25) is 0 Å². The smallest absolute Gasteiger partial charge is 0.406 e. The van der Waals surface area contributed by atoms with Gasteiger partial charge in [-0.1, -0.05) is 12.1 Å². The maximum absolute atomic E-state index is 12.3. The normalized spacial score (nSPS) is 17.8. The summed E-state index contributed by atoms with van der Waals surface area (Å²) in [5.74, 6) is 0.574. The topological polar surface area (TPSA) is 39.5 Å². The maximum Gasteiger partial charge on any atom is 0.573 e. The van der Waals surface area contributed by atoms with Gasteiger partial charge in [0, 0.05) is 5.69 Å². The van der Waals surface area contributed by atoms with E-state index in [1.165, 1.54) is 12.1 Å². The summed E-state index contributed by atoms with van der Waals surface area (Å²) >= 11 is 0. The molecule has 5 nitrogen and oxygen atoms in total. The van der Waals surface area contributed by atoms with E-state index in [1.54, 1.807) is 12.1 Å². The van der Waals surface area contributed by atoms with Crippen molar-refractivity contribution >= 4 is 16.7 Å². The second-order valence-corrected chi connectivity index (χ2v) is 6.05. The molecule has 0 bridgehead atoms. The molecule has 0 N–H and O–H groups in total. The van der Waals surface area contributed by atoms with E-state index in [0.29, 0.717) is 13.4 Å². The fourth-order valence-electron chi connectivity index (χ4n) is 3.06. The van der Waals surface area contributed by atoms with Crippen LogP contribution >= 0.6 is 0 Å². The molecule has 0 amide bonds. The number of benzene rings is 2. The average Bonchev–Trinajstić information content (AvgIpc) is 2.88. The Morgan fingerprint density at radius 3 is 2.58 bits per heavy atom. The number of hydrogen-bond donors (Lipinski definition) is 0. The number of fused-ring (bicyclic) bond motifs is 3. The largest absolute Gasteiger partial charge is 0.573 e. The van der Waals surface area contributed by atoms with Crippen LogP contribution in [0, 0.1) is 0 Å². The molecule has 0 saturated carbocycles. The Labute approximate surface area is 147 Å². The van der Waals surface area contributed by atoms with Crippen molar-refractivity contribution in [1.29, 1.82) is 0 Å². The average molecular weight is 363 g/mol. The van der Waals surface area contributed by atoms with Crippen LogP contribution in [0.25, 0.3) is 11.0 Å². The highest BCUT2D eigenvalue weighted by Gasteiger charge is 2.31. The van der Waals surface area contributed by atoms with E-state index in [0.717, 1.165) is 22.5 Å². The first kappa shape index (κ1) is 16.7. The molecule has 1 aliphatic rings. The van der Waals surface area contributed by atoms with Crippen molar-refractivity contribution in [2.75, 3.05) is 11.6 Å². The molecule has 0 unspecified atom stereocenters.